The zero-order valence-electron chi connectivity index (χ0n) is 11.5. The van der Waals surface area contributed by atoms with Gasteiger partial charge in [0.2, 0.25) is 0 Å². The highest BCUT2D eigenvalue weighted by atomic mass is 19.1. The number of halogens is 1. The standard InChI is InChI=1S/C16H16FN3/c1-20(2)16-9-5-14(6-10-16)12-19-18-11-13-3-7-15(17)8-4-13/h3-12H,1-2H3/b18-11+,19-12+. The van der Waals surface area contributed by atoms with Crippen molar-refractivity contribution in [2.24, 2.45) is 10.2 Å². The monoisotopic (exact) mass is 269 g/mol. The van der Waals surface area contributed by atoms with Crippen molar-refractivity contribution in [3.05, 3.63) is 65.5 Å². The molecule has 102 valence electrons. The Morgan fingerprint density at radius 1 is 0.800 bits per heavy atom. The maximum Gasteiger partial charge on any atom is 0.123 e. The molecule has 0 saturated carbocycles. The maximum atomic E-state index is 12.7. The molecule has 0 bridgehead atoms. The van der Waals surface area contributed by atoms with Gasteiger partial charge in [-0.2, -0.15) is 10.2 Å². The summed E-state index contributed by atoms with van der Waals surface area (Å²) < 4.78 is 12.7. The van der Waals surface area contributed by atoms with Crippen LogP contribution >= 0.6 is 0 Å². The fourth-order valence-electron chi connectivity index (χ4n) is 1.61. The van der Waals surface area contributed by atoms with Crippen LogP contribution in [0.4, 0.5) is 10.1 Å². The second-order valence-electron chi connectivity index (χ2n) is 4.53. The fraction of sp³-hybridized carbons (Fsp3) is 0.125. The van der Waals surface area contributed by atoms with Gasteiger partial charge in [-0.1, -0.05) is 24.3 Å². The molecule has 0 spiro atoms. The van der Waals surface area contributed by atoms with Crippen molar-refractivity contribution in [2.45, 2.75) is 0 Å². The minimum absolute atomic E-state index is 0.258. The molecule has 4 heteroatoms. The molecule has 20 heavy (non-hydrogen) atoms. The Bertz CT molecular complexity index is 599. The van der Waals surface area contributed by atoms with Crippen molar-refractivity contribution in [3.63, 3.8) is 0 Å². The summed E-state index contributed by atoms with van der Waals surface area (Å²) in [6.07, 6.45) is 3.27. The lowest BCUT2D eigenvalue weighted by Gasteiger charge is -2.11. The highest BCUT2D eigenvalue weighted by Crippen LogP contribution is 2.10. The molecule has 0 aliphatic heterocycles. The van der Waals surface area contributed by atoms with Crippen LogP contribution in [0.2, 0.25) is 0 Å². The van der Waals surface area contributed by atoms with Crippen LogP contribution in [0.5, 0.6) is 0 Å². The summed E-state index contributed by atoms with van der Waals surface area (Å²) >= 11 is 0. The lowest BCUT2D eigenvalue weighted by molar-refractivity contribution is 0.628. The lowest BCUT2D eigenvalue weighted by Crippen LogP contribution is -2.08. The molecular formula is C16H16FN3. The zero-order chi connectivity index (χ0) is 14.4. The van der Waals surface area contributed by atoms with Crippen LogP contribution in [0.3, 0.4) is 0 Å². The van der Waals surface area contributed by atoms with E-state index in [2.05, 4.69) is 10.2 Å². The van der Waals surface area contributed by atoms with E-state index in [4.69, 9.17) is 0 Å². The number of rotatable bonds is 4. The highest BCUT2D eigenvalue weighted by Gasteiger charge is 1.93. The first-order chi connectivity index (χ1) is 9.65. The van der Waals surface area contributed by atoms with Crippen molar-refractivity contribution in [3.8, 4) is 0 Å². The van der Waals surface area contributed by atoms with Crippen molar-refractivity contribution < 1.29 is 4.39 Å². The first kappa shape index (κ1) is 13.9. The van der Waals surface area contributed by atoms with Crippen LogP contribution in [0.25, 0.3) is 0 Å². The third-order valence-electron chi connectivity index (χ3n) is 2.76. The zero-order valence-corrected chi connectivity index (χ0v) is 11.5. The molecule has 0 aliphatic rings. The number of hydrogen-bond donors (Lipinski definition) is 0. The summed E-state index contributed by atoms with van der Waals surface area (Å²) in [4.78, 5) is 2.04. The van der Waals surface area contributed by atoms with Crippen molar-refractivity contribution in [1.82, 2.24) is 0 Å². The summed E-state index contributed by atoms with van der Waals surface area (Å²) in [6, 6.07) is 14.1. The molecular weight excluding hydrogens is 253 g/mol. The van der Waals surface area contributed by atoms with Gasteiger partial charge in [0.25, 0.3) is 0 Å². The Morgan fingerprint density at radius 2 is 1.25 bits per heavy atom. The van der Waals surface area contributed by atoms with Crippen LogP contribution in [0.15, 0.2) is 58.7 Å². The van der Waals surface area contributed by atoms with E-state index in [1.165, 1.54) is 12.1 Å². The SMILES string of the molecule is CN(C)c1ccc(/C=N/N=C/c2ccc(F)cc2)cc1. The number of anilines is 1. The topological polar surface area (TPSA) is 28.0 Å². The molecule has 3 nitrogen and oxygen atoms in total. The molecule has 2 rings (SSSR count). The Balaban J connectivity index is 1.97. The van der Waals surface area contributed by atoms with E-state index in [0.717, 1.165) is 16.8 Å². The molecule has 0 heterocycles. The first-order valence-corrected chi connectivity index (χ1v) is 6.24. The molecule has 0 amide bonds. The maximum absolute atomic E-state index is 12.7. The fourth-order valence-corrected chi connectivity index (χ4v) is 1.61. The van der Waals surface area contributed by atoms with Crippen LogP contribution in [0, 0.1) is 5.82 Å². The average Bonchev–Trinajstić information content (AvgIpc) is 2.46. The van der Waals surface area contributed by atoms with Crippen LogP contribution < -0.4 is 4.90 Å². The number of nitrogens with zero attached hydrogens (tertiary/aromatic N) is 3. The van der Waals surface area contributed by atoms with E-state index >= 15 is 0 Å². The first-order valence-electron chi connectivity index (χ1n) is 6.24. The predicted molar refractivity (Wildman–Crippen MR) is 82.4 cm³/mol. The van der Waals surface area contributed by atoms with Crippen LogP contribution in [-0.4, -0.2) is 26.5 Å². The number of benzene rings is 2. The van der Waals surface area contributed by atoms with Gasteiger partial charge in [0.1, 0.15) is 5.82 Å². The van der Waals surface area contributed by atoms with Gasteiger partial charge < -0.3 is 4.90 Å². The summed E-state index contributed by atoms with van der Waals surface area (Å²) in [6.45, 7) is 0. The summed E-state index contributed by atoms with van der Waals surface area (Å²) in [7, 11) is 3.99. The Hall–Kier alpha value is -2.49. The average molecular weight is 269 g/mol. The van der Waals surface area contributed by atoms with Gasteiger partial charge in [-0.25, -0.2) is 4.39 Å². The van der Waals surface area contributed by atoms with E-state index < -0.39 is 0 Å². The smallest absolute Gasteiger partial charge is 0.123 e. The second-order valence-corrected chi connectivity index (χ2v) is 4.53. The van der Waals surface area contributed by atoms with Gasteiger partial charge in [0, 0.05) is 19.8 Å². The predicted octanol–water partition coefficient (Wildman–Crippen LogP) is 3.34. The van der Waals surface area contributed by atoms with E-state index in [1.807, 2.05) is 43.3 Å². The highest BCUT2D eigenvalue weighted by molar-refractivity contribution is 5.83. The molecule has 0 fully saturated rings. The van der Waals surface area contributed by atoms with E-state index in [0.29, 0.717) is 0 Å². The molecule has 2 aromatic rings. The van der Waals surface area contributed by atoms with Gasteiger partial charge in [-0.3, -0.25) is 0 Å². The van der Waals surface area contributed by atoms with E-state index in [1.54, 1.807) is 24.6 Å². The van der Waals surface area contributed by atoms with Crippen LogP contribution in [-0.2, 0) is 0 Å². The van der Waals surface area contributed by atoms with Gasteiger partial charge in [-0.05, 0) is 35.4 Å². The second kappa shape index (κ2) is 6.61. The van der Waals surface area contributed by atoms with E-state index in [-0.39, 0.29) is 5.82 Å². The molecule has 0 N–H and O–H groups in total. The van der Waals surface area contributed by atoms with Crippen molar-refractivity contribution in [1.29, 1.82) is 0 Å². The minimum atomic E-state index is -0.258. The molecule has 0 atom stereocenters. The molecule has 0 aromatic heterocycles. The number of hydrogen-bond acceptors (Lipinski definition) is 3. The van der Waals surface area contributed by atoms with E-state index in [9.17, 15) is 4.39 Å². The van der Waals surface area contributed by atoms with Gasteiger partial charge in [-0.15, -0.1) is 0 Å². The van der Waals surface area contributed by atoms with Crippen molar-refractivity contribution >= 4 is 18.1 Å². The van der Waals surface area contributed by atoms with Gasteiger partial charge >= 0.3 is 0 Å². The van der Waals surface area contributed by atoms with Crippen LogP contribution in [0.1, 0.15) is 11.1 Å². The molecule has 0 radical (unpaired) electrons. The molecule has 0 saturated heterocycles. The lowest BCUT2D eigenvalue weighted by atomic mass is 10.2. The van der Waals surface area contributed by atoms with Crippen molar-refractivity contribution in [2.75, 3.05) is 19.0 Å². The molecule has 2 aromatic carbocycles. The Kier molecular flexibility index (Phi) is 4.60. The molecule has 0 unspecified atom stereocenters. The van der Waals surface area contributed by atoms with Gasteiger partial charge in [0.05, 0.1) is 12.4 Å². The third-order valence-corrected chi connectivity index (χ3v) is 2.76. The largest absolute Gasteiger partial charge is 0.378 e. The normalized spacial score (nSPS) is 11.3. The summed E-state index contributed by atoms with van der Waals surface area (Å²) in [5.74, 6) is -0.258. The summed E-state index contributed by atoms with van der Waals surface area (Å²) in [5.41, 5.74) is 2.93. The Labute approximate surface area is 118 Å². The third kappa shape index (κ3) is 4.02. The summed E-state index contributed by atoms with van der Waals surface area (Å²) in [5, 5.41) is 7.91. The Morgan fingerprint density at radius 3 is 1.70 bits per heavy atom. The molecule has 0 aliphatic carbocycles. The minimum Gasteiger partial charge on any atom is -0.378 e. The quantitative estimate of drug-likeness (QED) is 0.618. The van der Waals surface area contributed by atoms with Gasteiger partial charge in [0.15, 0.2) is 0 Å².